The van der Waals surface area contributed by atoms with Gasteiger partial charge in [0.1, 0.15) is 12.2 Å². The van der Waals surface area contributed by atoms with Crippen LogP contribution in [0.25, 0.3) is 5.82 Å². The van der Waals surface area contributed by atoms with E-state index >= 15 is 0 Å². The van der Waals surface area contributed by atoms with E-state index in [2.05, 4.69) is 21.1 Å². The summed E-state index contributed by atoms with van der Waals surface area (Å²) in [5.74, 6) is 1.47. The Morgan fingerprint density at radius 3 is 2.92 bits per heavy atom. The Labute approximate surface area is 69.9 Å². The van der Waals surface area contributed by atoms with E-state index in [1.807, 2.05) is 6.92 Å². The zero-order valence-electron chi connectivity index (χ0n) is 6.60. The van der Waals surface area contributed by atoms with E-state index in [1.165, 1.54) is 0 Å². The van der Waals surface area contributed by atoms with Crippen LogP contribution in [0, 0.1) is 13.0 Å². The fraction of sp³-hybridized carbons (Fsp3) is 0.125. The third kappa shape index (κ3) is 1.18. The van der Waals surface area contributed by atoms with Gasteiger partial charge in [-0.05, 0) is 25.1 Å². The lowest BCUT2D eigenvalue weighted by atomic mass is 10.5. The lowest BCUT2D eigenvalue weighted by molar-refractivity contribution is 0.832. The van der Waals surface area contributed by atoms with Gasteiger partial charge in [-0.2, -0.15) is 5.10 Å². The molecule has 0 saturated carbocycles. The van der Waals surface area contributed by atoms with Crippen LogP contribution in [0.3, 0.4) is 0 Å². The molecular weight excluding hydrogens is 152 g/mol. The van der Waals surface area contributed by atoms with Gasteiger partial charge in [0.15, 0.2) is 5.82 Å². The fourth-order valence-corrected chi connectivity index (χ4v) is 0.898. The molecule has 0 unspecified atom stereocenters. The molecule has 0 aliphatic rings. The topological polar surface area (TPSA) is 43.6 Å². The number of aromatic nitrogens is 4. The Morgan fingerprint density at radius 2 is 2.33 bits per heavy atom. The van der Waals surface area contributed by atoms with Crippen LogP contribution in [0.5, 0.6) is 0 Å². The summed E-state index contributed by atoms with van der Waals surface area (Å²) in [7, 11) is 0. The molecule has 0 aromatic carbocycles. The molecule has 0 saturated heterocycles. The van der Waals surface area contributed by atoms with Gasteiger partial charge in [-0.1, -0.05) is 0 Å². The van der Waals surface area contributed by atoms with Crippen molar-refractivity contribution in [3.05, 3.63) is 36.5 Å². The predicted molar refractivity (Wildman–Crippen MR) is 42.7 cm³/mol. The second-order valence-corrected chi connectivity index (χ2v) is 2.35. The van der Waals surface area contributed by atoms with Crippen LogP contribution in [0.15, 0.2) is 24.7 Å². The third-order valence-electron chi connectivity index (χ3n) is 1.43. The van der Waals surface area contributed by atoms with Crippen molar-refractivity contribution >= 4 is 0 Å². The van der Waals surface area contributed by atoms with Gasteiger partial charge in [0.05, 0.1) is 0 Å². The maximum atomic E-state index is 4.10. The van der Waals surface area contributed by atoms with Gasteiger partial charge in [0, 0.05) is 6.20 Å². The van der Waals surface area contributed by atoms with Crippen LogP contribution in [-0.2, 0) is 0 Å². The van der Waals surface area contributed by atoms with Crippen molar-refractivity contribution in [1.82, 2.24) is 19.7 Å². The van der Waals surface area contributed by atoms with Crippen molar-refractivity contribution in [2.24, 2.45) is 0 Å². The first-order valence-electron chi connectivity index (χ1n) is 3.57. The van der Waals surface area contributed by atoms with E-state index in [0.717, 1.165) is 11.6 Å². The summed E-state index contributed by atoms with van der Waals surface area (Å²) in [4.78, 5) is 8.08. The SMILES string of the molecule is Cc1ncn(-c2c[c]ccn2)n1. The molecule has 2 rings (SSSR count). The van der Waals surface area contributed by atoms with Crippen LogP contribution in [0.4, 0.5) is 0 Å². The Balaban J connectivity index is 2.45. The summed E-state index contributed by atoms with van der Waals surface area (Å²) in [5.41, 5.74) is 0. The predicted octanol–water partition coefficient (Wildman–Crippen LogP) is 0.771. The van der Waals surface area contributed by atoms with Gasteiger partial charge >= 0.3 is 0 Å². The van der Waals surface area contributed by atoms with E-state index in [4.69, 9.17) is 0 Å². The molecule has 1 radical (unpaired) electrons. The molecule has 0 atom stereocenters. The molecule has 2 aromatic heterocycles. The Hall–Kier alpha value is -1.71. The van der Waals surface area contributed by atoms with Crippen LogP contribution < -0.4 is 0 Å². The highest BCUT2D eigenvalue weighted by atomic mass is 15.3. The minimum Gasteiger partial charge on any atom is -0.237 e. The quantitative estimate of drug-likeness (QED) is 0.617. The number of rotatable bonds is 1. The lowest BCUT2D eigenvalue weighted by Crippen LogP contribution is -1.96. The molecule has 0 N–H and O–H groups in total. The van der Waals surface area contributed by atoms with E-state index in [-0.39, 0.29) is 0 Å². The third-order valence-corrected chi connectivity index (χ3v) is 1.43. The highest BCUT2D eigenvalue weighted by Gasteiger charge is 1.97. The van der Waals surface area contributed by atoms with E-state index in [0.29, 0.717) is 0 Å². The molecule has 0 amide bonds. The number of hydrogen-bond donors (Lipinski definition) is 0. The molecular formula is C8H7N4. The largest absolute Gasteiger partial charge is 0.237 e. The second-order valence-electron chi connectivity index (χ2n) is 2.35. The minimum absolute atomic E-state index is 0.734. The van der Waals surface area contributed by atoms with Gasteiger partial charge < -0.3 is 0 Å². The number of hydrogen-bond acceptors (Lipinski definition) is 3. The van der Waals surface area contributed by atoms with Crippen LogP contribution in [0.1, 0.15) is 5.82 Å². The minimum atomic E-state index is 0.734. The average molecular weight is 159 g/mol. The first-order valence-corrected chi connectivity index (χ1v) is 3.57. The molecule has 4 nitrogen and oxygen atoms in total. The normalized spacial score (nSPS) is 10.1. The van der Waals surface area contributed by atoms with Crippen molar-refractivity contribution in [3.63, 3.8) is 0 Å². The highest BCUT2D eigenvalue weighted by Crippen LogP contribution is 1.98. The molecule has 2 aromatic rings. The van der Waals surface area contributed by atoms with Gasteiger partial charge in [-0.25, -0.2) is 14.6 Å². The monoisotopic (exact) mass is 159 g/mol. The van der Waals surface area contributed by atoms with Crippen molar-refractivity contribution in [2.45, 2.75) is 6.92 Å². The number of aryl methyl sites for hydroxylation is 1. The molecule has 4 heteroatoms. The van der Waals surface area contributed by atoms with Gasteiger partial charge in [0.2, 0.25) is 0 Å². The Bertz CT molecular complexity index is 366. The molecule has 59 valence electrons. The van der Waals surface area contributed by atoms with Crippen LogP contribution in [-0.4, -0.2) is 19.7 Å². The molecule has 0 aliphatic heterocycles. The van der Waals surface area contributed by atoms with Crippen molar-refractivity contribution in [1.29, 1.82) is 0 Å². The molecule has 0 spiro atoms. The summed E-state index contributed by atoms with van der Waals surface area (Å²) in [6.45, 7) is 1.84. The molecule has 0 bridgehead atoms. The van der Waals surface area contributed by atoms with Crippen molar-refractivity contribution in [2.75, 3.05) is 0 Å². The van der Waals surface area contributed by atoms with Crippen LogP contribution >= 0.6 is 0 Å². The number of pyridine rings is 1. The molecule has 0 aliphatic carbocycles. The van der Waals surface area contributed by atoms with Gasteiger partial charge in [0.25, 0.3) is 0 Å². The van der Waals surface area contributed by atoms with Gasteiger partial charge in [-0.15, -0.1) is 0 Å². The summed E-state index contributed by atoms with van der Waals surface area (Å²) >= 11 is 0. The van der Waals surface area contributed by atoms with Crippen LogP contribution in [0.2, 0.25) is 0 Å². The van der Waals surface area contributed by atoms with E-state index < -0.39 is 0 Å². The van der Waals surface area contributed by atoms with Crippen molar-refractivity contribution in [3.8, 4) is 5.82 Å². The molecule has 12 heavy (non-hydrogen) atoms. The average Bonchev–Trinajstić information content (AvgIpc) is 2.54. The highest BCUT2D eigenvalue weighted by molar-refractivity contribution is 5.17. The standard InChI is InChI=1S/C8H7N4/c1-7-10-6-12(11-7)8-4-2-3-5-9-8/h3-6H,1H3. The molecule has 0 fully saturated rings. The van der Waals surface area contributed by atoms with Gasteiger partial charge in [-0.3, -0.25) is 0 Å². The zero-order chi connectivity index (χ0) is 8.39. The first kappa shape index (κ1) is 6.97. The summed E-state index contributed by atoms with van der Waals surface area (Å²) in [6, 6.07) is 6.42. The Morgan fingerprint density at radius 1 is 1.42 bits per heavy atom. The maximum absolute atomic E-state index is 4.10. The smallest absolute Gasteiger partial charge is 0.155 e. The Kier molecular flexibility index (Phi) is 1.59. The summed E-state index contributed by atoms with van der Waals surface area (Å²) in [6.07, 6.45) is 3.30. The second kappa shape index (κ2) is 2.73. The summed E-state index contributed by atoms with van der Waals surface area (Å²) in [5, 5.41) is 4.10. The molecule has 2 heterocycles. The lowest BCUT2D eigenvalue weighted by Gasteiger charge is -1.95. The zero-order valence-corrected chi connectivity index (χ0v) is 6.60. The van der Waals surface area contributed by atoms with E-state index in [9.17, 15) is 0 Å². The number of nitrogens with zero attached hydrogens (tertiary/aromatic N) is 4. The first-order chi connectivity index (χ1) is 5.86. The van der Waals surface area contributed by atoms with E-state index in [1.54, 1.807) is 29.3 Å². The maximum Gasteiger partial charge on any atom is 0.155 e. The fourth-order valence-electron chi connectivity index (χ4n) is 0.898. The summed E-state index contributed by atoms with van der Waals surface area (Å²) < 4.78 is 1.62. The van der Waals surface area contributed by atoms with Crippen molar-refractivity contribution < 1.29 is 0 Å².